The molecule has 0 heterocycles. The van der Waals surface area contributed by atoms with Crippen LogP contribution in [0, 0.1) is 5.92 Å². The molecule has 0 spiro atoms. The van der Waals surface area contributed by atoms with Crippen molar-refractivity contribution in [2.75, 3.05) is 13.7 Å². The number of ether oxygens (including phenoxy) is 2. The van der Waals surface area contributed by atoms with Crippen LogP contribution < -0.4 is 9.47 Å². The Balaban J connectivity index is 2.52. The van der Waals surface area contributed by atoms with Gasteiger partial charge in [-0.15, -0.1) is 11.6 Å². The molecule has 0 radical (unpaired) electrons. The summed E-state index contributed by atoms with van der Waals surface area (Å²) in [5.74, 6) is 2.85. The number of rotatable bonds is 7. The minimum Gasteiger partial charge on any atom is -0.497 e. The Morgan fingerprint density at radius 3 is 2.65 bits per heavy atom. The first-order valence-electron chi connectivity index (χ1n) is 6.03. The first kappa shape index (κ1) is 14.2. The molecule has 0 fully saturated rings. The van der Waals surface area contributed by atoms with E-state index in [1.165, 1.54) is 6.42 Å². The summed E-state index contributed by atoms with van der Waals surface area (Å²) in [6, 6.07) is 5.74. The van der Waals surface area contributed by atoms with E-state index in [1.807, 2.05) is 18.2 Å². The van der Waals surface area contributed by atoms with Crippen molar-refractivity contribution in [2.24, 2.45) is 5.92 Å². The van der Waals surface area contributed by atoms with Gasteiger partial charge in [0, 0.05) is 5.56 Å². The molecule has 0 unspecified atom stereocenters. The van der Waals surface area contributed by atoms with Gasteiger partial charge in [0.25, 0.3) is 0 Å². The Morgan fingerprint density at radius 1 is 1.29 bits per heavy atom. The van der Waals surface area contributed by atoms with Crippen molar-refractivity contribution in [3.8, 4) is 11.5 Å². The third-order valence-corrected chi connectivity index (χ3v) is 2.88. The van der Waals surface area contributed by atoms with Crippen LogP contribution in [0.2, 0.25) is 0 Å². The highest BCUT2D eigenvalue weighted by Crippen LogP contribution is 2.25. The van der Waals surface area contributed by atoms with Gasteiger partial charge in [0.1, 0.15) is 11.5 Å². The molecule has 1 rings (SSSR count). The number of alkyl halides is 1. The molecule has 96 valence electrons. The van der Waals surface area contributed by atoms with E-state index in [-0.39, 0.29) is 0 Å². The summed E-state index contributed by atoms with van der Waals surface area (Å²) < 4.78 is 10.9. The highest BCUT2D eigenvalue weighted by Gasteiger charge is 2.05. The lowest BCUT2D eigenvalue weighted by molar-refractivity contribution is 0.295. The van der Waals surface area contributed by atoms with Crippen molar-refractivity contribution in [3.05, 3.63) is 23.8 Å². The van der Waals surface area contributed by atoms with Crippen LogP contribution in [0.5, 0.6) is 11.5 Å². The topological polar surface area (TPSA) is 18.5 Å². The largest absolute Gasteiger partial charge is 0.497 e. The SMILES string of the molecule is COc1ccc(OCCCC(C)C)c(CCl)c1. The van der Waals surface area contributed by atoms with Gasteiger partial charge in [-0.3, -0.25) is 0 Å². The lowest BCUT2D eigenvalue weighted by Crippen LogP contribution is -2.01. The van der Waals surface area contributed by atoms with Crippen LogP contribution in [0.4, 0.5) is 0 Å². The fourth-order valence-electron chi connectivity index (χ4n) is 1.60. The van der Waals surface area contributed by atoms with Gasteiger partial charge >= 0.3 is 0 Å². The Morgan fingerprint density at radius 2 is 2.06 bits per heavy atom. The van der Waals surface area contributed by atoms with E-state index in [0.29, 0.717) is 5.88 Å². The zero-order valence-electron chi connectivity index (χ0n) is 10.8. The van der Waals surface area contributed by atoms with Crippen molar-refractivity contribution in [3.63, 3.8) is 0 Å². The molecule has 0 aliphatic rings. The van der Waals surface area contributed by atoms with Gasteiger partial charge in [-0.1, -0.05) is 13.8 Å². The summed E-state index contributed by atoms with van der Waals surface area (Å²) in [5.41, 5.74) is 0.982. The molecular weight excluding hydrogens is 236 g/mol. The van der Waals surface area contributed by atoms with Gasteiger partial charge in [-0.2, -0.15) is 0 Å². The Hall–Kier alpha value is -0.890. The fourth-order valence-corrected chi connectivity index (χ4v) is 1.81. The van der Waals surface area contributed by atoms with Crippen LogP contribution in [0.1, 0.15) is 32.3 Å². The van der Waals surface area contributed by atoms with Crippen molar-refractivity contribution in [1.29, 1.82) is 0 Å². The maximum Gasteiger partial charge on any atom is 0.123 e. The van der Waals surface area contributed by atoms with Gasteiger partial charge in [0.2, 0.25) is 0 Å². The van der Waals surface area contributed by atoms with Crippen LogP contribution >= 0.6 is 11.6 Å². The number of halogens is 1. The van der Waals surface area contributed by atoms with Crippen LogP contribution in [0.3, 0.4) is 0 Å². The van der Waals surface area contributed by atoms with Crippen molar-refractivity contribution in [2.45, 2.75) is 32.6 Å². The molecule has 0 aromatic heterocycles. The van der Waals surface area contributed by atoms with E-state index in [4.69, 9.17) is 21.1 Å². The van der Waals surface area contributed by atoms with Crippen LogP contribution in [-0.4, -0.2) is 13.7 Å². The molecule has 0 atom stereocenters. The highest BCUT2D eigenvalue weighted by atomic mass is 35.5. The maximum atomic E-state index is 5.89. The second-order valence-corrected chi connectivity index (χ2v) is 4.76. The summed E-state index contributed by atoms with van der Waals surface area (Å²) in [7, 11) is 1.65. The minimum atomic E-state index is 0.441. The Bertz CT molecular complexity index is 337. The van der Waals surface area contributed by atoms with E-state index in [1.54, 1.807) is 7.11 Å². The molecule has 3 heteroatoms. The third-order valence-electron chi connectivity index (χ3n) is 2.59. The monoisotopic (exact) mass is 256 g/mol. The van der Waals surface area contributed by atoms with Crippen LogP contribution in [0.15, 0.2) is 18.2 Å². The number of methoxy groups -OCH3 is 1. The van der Waals surface area contributed by atoms with E-state index in [9.17, 15) is 0 Å². The molecule has 17 heavy (non-hydrogen) atoms. The smallest absolute Gasteiger partial charge is 0.123 e. The van der Waals surface area contributed by atoms with Crippen molar-refractivity contribution < 1.29 is 9.47 Å². The third kappa shape index (κ3) is 4.86. The molecular formula is C14H21ClO2. The van der Waals surface area contributed by atoms with Crippen molar-refractivity contribution >= 4 is 11.6 Å². The summed E-state index contributed by atoms with van der Waals surface area (Å²) >= 11 is 5.89. The van der Waals surface area contributed by atoms with E-state index in [0.717, 1.165) is 36.0 Å². The quantitative estimate of drug-likeness (QED) is 0.536. The molecule has 0 aliphatic carbocycles. The van der Waals surface area contributed by atoms with E-state index < -0.39 is 0 Å². The van der Waals surface area contributed by atoms with E-state index >= 15 is 0 Å². The van der Waals surface area contributed by atoms with Crippen molar-refractivity contribution in [1.82, 2.24) is 0 Å². The van der Waals surface area contributed by atoms with Gasteiger partial charge in [0.15, 0.2) is 0 Å². The molecule has 0 aliphatic heterocycles. The number of hydrogen-bond acceptors (Lipinski definition) is 2. The van der Waals surface area contributed by atoms with Gasteiger partial charge in [-0.25, -0.2) is 0 Å². The van der Waals surface area contributed by atoms with Gasteiger partial charge in [0.05, 0.1) is 19.6 Å². The molecule has 0 saturated heterocycles. The number of benzene rings is 1. The molecule has 0 saturated carbocycles. The first-order valence-corrected chi connectivity index (χ1v) is 6.56. The molecule has 2 nitrogen and oxygen atoms in total. The van der Waals surface area contributed by atoms with Gasteiger partial charge in [-0.05, 0) is 37.0 Å². The molecule has 0 amide bonds. The highest BCUT2D eigenvalue weighted by molar-refractivity contribution is 6.17. The second kappa shape index (κ2) is 7.44. The van der Waals surface area contributed by atoms with Crippen LogP contribution in [0.25, 0.3) is 0 Å². The second-order valence-electron chi connectivity index (χ2n) is 4.49. The predicted octanol–water partition coefficient (Wildman–Crippen LogP) is 4.25. The zero-order chi connectivity index (χ0) is 12.7. The standard InChI is InChI=1S/C14H21ClO2/c1-11(2)5-4-8-17-14-7-6-13(16-3)9-12(14)10-15/h6-7,9,11H,4-5,8,10H2,1-3H3. The summed E-state index contributed by atoms with van der Waals surface area (Å²) in [6.07, 6.45) is 2.26. The average Bonchev–Trinajstić information content (AvgIpc) is 2.34. The zero-order valence-corrected chi connectivity index (χ0v) is 11.6. The Kier molecular flexibility index (Phi) is 6.20. The van der Waals surface area contributed by atoms with Gasteiger partial charge < -0.3 is 9.47 Å². The summed E-state index contributed by atoms with van der Waals surface area (Å²) in [6.45, 7) is 5.18. The lowest BCUT2D eigenvalue weighted by Gasteiger charge is -2.12. The first-order chi connectivity index (χ1) is 8.17. The Labute approximate surface area is 109 Å². The maximum absolute atomic E-state index is 5.89. The average molecular weight is 257 g/mol. The molecule has 1 aromatic rings. The summed E-state index contributed by atoms with van der Waals surface area (Å²) in [4.78, 5) is 0. The van der Waals surface area contributed by atoms with E-state index in [2.05, 4.69) is 13.8 Å². The summed E-state index contributed by atoms with van der Waals surface area (Å²) in [5, 5.41) is 0. The van der Waals surface area contributed by atoms with Crippen LogP contribution in [-0.2, 0) is 5.88 Å². The fraction of sp³-hybridized carbons (Fsp3) is 0.571. The lowest BCUT2D eigenvalue weighted by atomic mass is 10.1. The molecule has 1 aromatic carbocycles. The molecule has 0 N–H and O–H groups in total. The normalized spacial score (nSPS) is 10.6. The minimum absolute atomic E-state index is 0.441. The molecule has 0 bridgehead atoms. The predicted molar refractivity (Wildman–Crippen MR) is 72.1 cm³/mol. The number of hydrogen-bond donors (Lipinski definition) is 0.